The molecule has 3 heteroatoms. The summed E-state index contributed by atoms with van der Waals surface area (Å²) in [7, 11) is 2.14. The summed E-state index contributed by atoms with van der Waals surface area (Å²) < 4.78 is 0. The molecule has 1 atom stereocenters. The van der Waals surface area contributed by atoms with E-state index < -0.39 is 0 Å². The predicted octanol–water partition coefficient (Wildman–Crippen LogP) is 2.14. The first kappa shape index (κ1) is 14.5. The van der Waals surface area contributed by atoms with Gasteiger partial charge in [0.15, 0.2) is 0 Å². The maximum absolute atomic E-state index is 10.3. The topological polar surface area (TPSA) is 26.7 Å². The summed E-state index contributed by atoms with van der Waals surface area (Å²) in [5.74, 6) is 0. The molecule has 0 saturated carbocycles. The van der Waals surface area contributed by atoms with E-state index >= 15 is 0 Å². The Hall–Kier alpha value is -0.900. The van der Waals surface area contributed by atoms with Crippen molar-refractivity contribution < 1.29 is 5.11 Å². The van der Waals surface area contributed by atoms with Crippen molar-refractivity contribution in [2.75, 3.05) is 33.2 Å². The van der Waals surface area contributed by atoms with Gasteiger partial charge in [-0.05, 0) is 45.1 Å². The van der Waals surface area contributed by atoms with Crippen molar-refractivity contribution in [3.63, 3.8) is 0 Å². The van der Waals surface area contributed by atoms with Crippen LogP contribution in [-0.4, -0.2) is 54.2 Å². The highest BCUT2D eigenvalue weighted by Crippen LogP contribution is 2.19. The van der Waals surface area contributed by atoms with Gasteiger partial charge >= 0.3 is 0 Å². The van der Waals surface area contributed by atoms with Crippen molar-refractivity contribution >= 4 is 0 Å². The summed E-state index contributed by atoms with van der Waals surface area (Å²) in [5.41, 5.74) is 1.01. The predicted molar refractivity (Wildman–Crippen MR) is 79.2 cm³/mol. The third kappa shape index (κ3) is 4.03. The fourth-order valence-corrected chi connectivity index (χ4v) is 2.88. The van der Waals surface area contributed by atoms with E-state index in [4.69, 9.17) is 0 Å². The van der Waals surface area contributed by atoms with Crippen LogP contribution in [0.5, 0.6) is 0 Å². The number of rotatable bonds is 5. The van der Waals surface area contributed by atoms with E-state index in [0.717, 1.165) is 18.7 Å². The van der Waals surface area contributed by atoms with Crippen LogP contribution in [0, 0.1) is 0 Å². The second-order valence-corrected chi connectivity index (χ2v) is 5.53. The second kappa shape index (κ2) is 7.04. The van der Waals surface area contributed by atoms with Gasteiger partial charge in [-0.3, -0.25) is 0 Å². The van der Waals surface area contributed by atoms with Gasteiger partial charge in [0, 0.05) is 12.6 Å². The maximum atomic E-state index is 10.3. The number of hydrogen-bond donors (Lipinski definition) is 1. The summed E-state index contributed by atoms with van der Waals surface area (Å²) in [4.78, 5) is 4.82. The van der Waals surface area contributed by atoms with Crippen molar-refractivity contribution in [2.24, 2.45) is 0 Å². The lowest BCUT2D eigenvalue weighted by Gasteiger charge is -2.37. The smallest absolute Gasteiger partial charge is 0.0916 e. The molecule has 3 nitrogen and oxygen atoms in total. The Balaban J connectivity index is 1.83. The molecule has 1 aromatic rings. The summed E-state index contributed by atoms with van der Waals surface area (Å²) in [6, 6.07) is 10.6. The standard InChI is InChI=1S/C16H26N2O/c1-3-18-11-9-15(10-12-18)17(2)13-16(19)14-7-5-4-6-8-14/h4-8,15-16,19H,3,9-13H2,1-2H3. The van der Waals surface area contributed by atoms with Gasteiger partial charge in [-0.1, -0.05) is 37.3 Å². The molecule has 0 bridgehead atoms. The van der Waals surface area contributed by atoms with E-state index in [1.807, 2.05) is 30.3 Å². The normalized spacial score (nSPS) is 19.8. The van der Waals surface area contributed by atoms with E-state index in [9.17, 15) is 5.11 Å². The van der Waals surface area contributed by atoms with Crippen molar-refractivity contribution in [2.45, 2.75) is 31.9 Å². The van der Waals surface area contributed by atoms with E-state index in [0.29, 0.717) is 6.04 Å². The molecule has 0 amide bonds. The van der Waals surface area contributed by atoms with Gasteiger partial charge < -0.3 is 14.9 Å². The molecule has 0 radical (unpaired) electrons. The third-order valence-corrected chi connectivity index (χ3v) is 4.27. The van der Waals surface area contributed by atoms with Gasteiger partial charge in [-0.25, -0.2) is 0 Å². The zero-order chi connectivity index (χ0) is 13.7. The monoisotopic (exact) mass is 262 g/mol. The van der Waals surface area contributed by atoms with Gasteiger partial charge in [0.2, 0.25) is 0 Å². The average molecular weight is 262 g/mol. The molecule has 1 aliphatic rings. The highest BCUT2D eigenvalue weighted by atomic mass is 16.3. The zero-order valence-electron chi connectivity index (χ0n) is 12.1. The van der Waals surface area contributed by atoms with Gasteiger partial charge in [0.25, 0.3) is 0 Å². The van der Waals surface area contributed by atoms with Gasteiger partial charge in [0.05, 0.1) is 6.10 Å². The van der Waals surface area contributed by atoms with E-state index in [1.54, 1.807) is 0 Å². The van der Waals surface area contributed by atoms with Crippen molar-refractivity contribution in [1.82, 2.24) is 9.80 Å². The molecule has 2 rings (SSSR count). The fraction of sp³-hybridized carbons (Fsp3) is 0.625. The Morgan fingerprint density at radius 2 is 1.89 bits per heavy atom. The first-order valence-corrected chi connectivity index (χ1v) is 7.36. The van der Waals surface area contributed by atoms with Crippen molar-refractivity contribution in [3.8, 4) is 0 Å². The molecular weight excluding hydrogens is 236 g/mol. The molecule has 0 aromatic heterocycles. The van der Waals surface area contributed by atoms with Gasteiger partial charge in [0.1, 0.15) is 0 Å². The van der Waals surface area contributed by atoms with Gasteiger partial charge in [-0.15, -0.1) is 0 Å². The Labute approximate surface area is 116 Å². The quantitative estimate of drug-likeness (QED) is 0.880. The minimum Gasteiger partial charge on any atom is -0.387 e. The SMILES string of the molecule is CCN1CCC(N(C)CC(O)c2ccccc2)CC1. The van der Waals surface area contributed by atoms with Crippen LogP contribution < -0.4 is 0 Å². The highest BCUT2D eigenvalue weighted by Gasteiger charge is 2.23. The van der Waals surface area contributed by atoms with Crippen molar-refractivity contribution in [3.05, 3.63) is 35.9 Å². The third-order valence-electron chi connectivity index (χ3n) is 4.27. The van der Waals surface area contributed by atoms with Gasteiger partial charge in [-0.2, -0.15) is 0 Å². The summed E-state index contributed by atoms with van der Waals surface area (Å²) in [6.07, 6.45) is 2.05. The number of nitrogens with zero attached hydrogens (tertiary/aromatic N) is 2. The molecule has 1 heterocycles. The van der Waals surface area contributed by atoms with Crippen LogP contribution in [0.4, 0.5) is 0 Å². The number of benzene rings is 1. The Kier molecular flexibility index (Phi) is 5.37. The second-order valence-electron chi connectivity index (χ2n) is 5.53. The van der Waals surface area contributed by atoms with Crippen LogP contribution >= 0.6 is 0 Å². The molecule has 1 aliphatic heterocycles. The number of likely N-dealkylation sites (tertiary alicyclic amines) is 1. The van der Waals surface area contributed by atoms with Crippen LogP contribution in [-0.2, 0) is 0 Å². The Morgan fingerprint density at radius 1 is 1.26 bits per heavy atom. The first-order valence-electron chi connectivity index (χ1n) is 7.36. The Bertz CT molecular complexity index is 360. The van der Waals surface area contributed by atoms with Crippen molar-refractivity contribution in [1.29, 1.82) is 0 Å². The molecule has 0 spiro atoms. The molecule has 1 N–H and O–H groups in total. The highest BCUT2D eigenvalue weighted by molar-refractivity contribution is 5.17. The molecule has 19 heavy (non-hydrogen) atoms. The lowest BCUT2D eigenvalue weighted by atomic mass is 10.0. The van der Waals surface area contributed by atoms with Crippen LogP contribution in [0.3, 0.4) is 0 Å². The summed E-state index contributed by atoms with van der Waals surface area (Å²) >= 11 is 0. The number of piperidine rings is 1. The lowest BCUT2D eigenvalue weighted by Crippen LogP contribution is -2.44. The number of aliphatic hydroxyl groups is 1. The molecule has 1 fully saturated rings. The molecular formula is C16H26N2O. The molecule has 0 aliphatic carbocycles. The summed E-state index contributed by atoms with van der Waals surface area (Å²) in [5, 5.41) is 10.3. The fourth-order valence-electron chi connectivity index (χ4n) is 2.88. The van der Waals surface area contributed by atoms with Crippen LogP contribution in [0.15, 0.2) is 30.3 Å². The number of likely N-dealkylation sites (N-methyl/N-ethyl adjacent to an activating group) is 1. The van der Waals surface area contributed by atoms with Crippen LogP contribution in [0.2, 0.25) is 0 Å². The minimum atomic E-state index is -0.379. The number of aliphatic hydroxyl groups excluding tert-OH is 1. The zero-order valence-corrected chi connectivity index (χ0v) is 12.1. The first-order chi connectivity index (χ1) is 9.20. The molecule has 1 unspecified atom stereocenters. The largest absolute Gasteiger partial charge is 0.387 e. The number of hydrogen-bond acceptors (Lipinski definition) is 3. The average Bonchev–Trinajstić information content (AvgIpc) is 2.48. The van der Waals surface area contributed by atoms with E-state index in [1.165, 1.54) is 25.9 Å². The molecule has 1 aromatic carbocycles. The lowest BCUT2D eigenvalue weighted by molar-refractivity contribution is 0.0748. The van der Waals surface area contributed by atoms with Crippen LogP contribution in [0.25, 0.3) is 0 Å². The minimum absolute atomic E-state index is 0.379. The Morgan fingerprint density at radius 3 is 2.47 bits per heavy atom. The van der Waals surface area contributed by atoms with Crippen LogP contribution in [0.1, 0.15) is 31.4 Å². The van der Waals surface area contributed by atoms with E-state index in [2.05, 4.69) is 23.8 Å². The molecule has 1 saturated heterocycles. The maximum Gasteiger partial charge on any atom is 0.0916 e. The van der Waals surface area contributed by atoms with E-state index in [-0.39, 0.29) is 6.10 Å². The molecule has 106 valence electrons. The summed E-state index contributed by atoms with van der Waals surface area (Å²) in [6.45, 7) is 6.48.